The number of rotatable bonds is 4. The average molecular weight is 358 g/mol. The molecular formula is C17H18N4O5. The highest BCUT2D eigenvalue weighted by molar-refractivity contribution is 5.93. The number of nitrogens with zero attached hydrogens (tertiary/aromatic N) is 4. The topological polar surface area (TPSA) is 119 Å². The monoisotopic (exact) mass is 358 g/mol. The molecule has 26 heavy (non-hydrogen) atoms. The molecule has 1 aliphatic heterocycles. The third-order valence-corrected chi connectivity index (χ3v) is 4.70. The van der Waals surface area contributed by atoms with Gasteiger partial charge in [0, 0.05) is 24.8 Å². The molecule has 2 heterocycles. The first-order chi connectivity index (χ1) is 12.4. The number of carboxylic acids is 1. The minimum atomic E-state index is -0.916. The summed E-state index contributed by atoms with van der Waals surface area (Å²) >= 11 is 0. The van der Waals surface area contributed by atoms with E-state index in [2.05, 4.69) is 5.10 Å². The van der Waals surface area contributed by atoms with Crippen molar-refractivity contribution in [2.45, 2.75) is 25.8 Å². The molecule has 136 valence electrons. The van der Waals surface area contributed by atoms with E-state index < -0.39 is 22.9 Å². The fourth-order valence-electron chi connectivity index (χ4n) is 3.29. The molecule has 1 aromatic carbocycles. The lowest BCUT2D eigenvalue weighted by Gasteiger charge is -2.37. The second kappa shape index (κ2) is 6.95. The summed E-state index contributed by atoms with van der Waals surface area (Å²) in [6, 6.07) is 7.15. The van der Waals surface area contributed by atoms with Crippen molar-refractivity contribution < 1.29 is 19.6 Å². The Hall–Kier alpha value is -3.23. The quantitative estimate of drug-likeness (QED) is 0.660. The molecule has 9 nitrogen and oxygen atoms in total. The highest BCUT2D eigenvalue weighted by Gasteiger charge is 2.36. The summed E-state index contributed by atoms with van der Waals surface area (Å²) in [4.78, 5) is 36.3. The van der Waals surface area contributed by atoms with Crippen molar-refractivity contribution >= 4 is 17.6 Å². The largest absolute Gasteiger partial charge is 0.481 e. The van der Waals surface area contributed by atoms with E-state index in [0.717, 1.165) is 0 Å². The Balaban J connectivity index is 1.87. The van der Waals surface area contributed by atoms with Gasteiger partial charge < -0.3 is 10.0 Å². The first kappa shape index (κ1) is 17.6. The van der Waals surface area contributed by atoms with Crippen LogP contribution in [0.5, 0.6) is 0 Å². The molecule has 0 spiro atoms. The van der Waals surface area contributed by atoms with Gasteiger partial charge in [-0.3, -0.25) is 19.7 Å². The van der Waals surface area contributed by atoms with Crippen molar-refractivity contribution in [3.63, 3.8) is 0 Å². The summed E-state index contributed by atoms with van der Waals surface area (Å²) in [7, 11) is 0. The Kier molecular flexibility index (Phi) is 4.70. The third-order valence-electron chi connectivity index (χ3n) is 4.70. The van der Waals surface area contributed by atoms with Crippen molar-refractivity contribution in [3.05, 3.63) is 52.3 Å². The molecule has 1 saturated heterocycles. The van der Waals surface area contributed by atoms with Gasteiger partial charge in [0.05, 0.1) is 10.8 Å². The van der Waals surface area contributed by atoms with Gasteiger partial charge in [-0.2, -0.15) is 5.10 Å². The van der Waals surface area contributed by atoms with Gasteiger partial charge in [0.2, 0.25) is 0 Å². The highest BCUT2D eigenvalue weighted by atomic mass is 16.6. The number of benzene rings is 1. The van der Waals surface area contributed by atoms with E-state index in [0.29, 0.717) is 19.4 Å². The van der Waals surface area contributed by atoms with Gasteiger partial charge in [-0.05, 0) is 31.9 Å². The fourth-order valence-corrected chi connectivity index (χ4v) is 3.29. The normalized spacial score (nSPS) is 20.0. The number of para-hydroxylation sites is 2. The van der Waals surface area contributed by atoms with Gasteiger partial charge in [0.15, 0.2) is 5.69 Å². The molecule has 0 aliphatic carbocycles. The molecule has 0 bridgehead atoms. The number of likely N-dealkylation sites (tertiary alicyclic amines) is 1. The molecule has 1 aliphatic rings. The number of carbonyl (C=O) groups excluding carboxylic acids is 1. The second-order valence-corrected chi connectivity index (χ2v) is 6.22. The molecule has 1 N–H and O–H groups in total. The standard InChI is InChI=1S/C17H18N4O5/c1-11-12(17(23)24)5-4-9-19(11)16(22)13-8-10-20(18-13)14-6-2-3-7-15(14)21(25)26/h2-3,6-8,10-12H,4-5,9H2,1H3,(H,23,24)/t11-,12-/m1/s1. The van der Waals surface area contributed by atoms with Crippen molar-refractivity contribution in [1.82, 2.24) is 14.7 Å². The Morgan fingerprint density at radius 3 is 2.73 bits per heavy atom. The van der Waals surface area contributed by atoms with Crippen LogP contribution in [0.3, 0.4) is 0 Å². The number of nitro groups is 1. The number of piperidine rings is 1. The van der Waals surface area contributed by atoms with Crippen molar-refractivity contribution in [1.29, 1.82) is 0 Å². The SMILES string of the molecule is C[C@@H]1[C@H](C(=O)O)CCCN1C(=O)c1ccn(-c2ccccc2[N+](=O)[O-])n1. The van der Waals surface area contributed by atoms with Gasteiger partial charge in [-0.25, -0.2) is 4.68 Å². The lowest BCUT2D eigenvalue weighted by atomic mass is 9.90. The predicted octanol–water partition coefficient (Wildman–Crippen LogP) is 2.11. The first-order valence-electron chi connectivity index (χ1n) is 8.23. The van der Waals surface area contributed by atoms with Crippen molar-refractivity contribution in [2.75, 3.05) is 6.54 Å². The number of hydrogen-bond acceptors (Lipinski definition) is 5. The number of aliphatic carboxylic acids is 1. The van der Waals surface area contributed by atoms with E-state index in [1.54, 1.807) is 25.1 Å². The van der Waals surface area contributed by atoms with Gasteiger partial charge in [-0.15, -0.1) is 0 Å². The fraction of sp³-hybridized carbons (Fsp3) is 0.353. The molecule has 9 heteroatoms. The van der Waals surface area contributed by atoms with Crippen LogP contribution < -0.4 is 0 Å². The molecule has 0 unspecified atom stereocenters. The van der Waals surface area contributed by atoms with Crippen LogP contribution >= 0.6 is 0 Å². The van der Waals surface area contributed by atoms with Crippen LogP contribution in [-0.4, -0.2) is 49.2 Å². The van der Waals surface area contributed by atoms with Gasteiger partial charge in [-0.1, -0.05) is 12.1 Å². The lowest BCUT2D eigenvalue weighted by molar-refractivity contribution is -0.384. The maximum Gasteiger partial charge on any atom is 0.308 e. The molecule has 1 aromatic heterocycles. The summed E-state index contributed by atoms with van der Waals surface area (Å²) in [5, 5.41) is 24.6. The summed E-state index contributed by atoms with van der Waals surface area (Å²) in [6.07, 6.45) is 2.63. The smallest absolute Gasteiger partial charge is 0.308 e. The summed E-state index contributed by atoms with van der Waals surface area (Å²) in [5.41, 5.74) is 0.263. The zero-order valence-corrected chi connectivity index (χ0v) is 14.1. The minimum absolute atomic E-state index is 0.119. The zero-order valence-electron chi connectivity index (χ0n) is 14.1. The Morgan fingerprint density at radius 1 is 1.31 bits per heavy atom. The minimum Gasteiger partial charge on any atom is -0.481 e. The molecular weight excluding hydrogens is 340 g/mol. The maximum absolute atomic E-state index is 12.8. The summed E-state index contributed by atoms with van der Waals surface area (Å²) in [6.45, 7) is 2.18. The van der Waals surface area contributed by atoms with E-state index in [1.165, 1.54) is 27.9 Å². The average Bonchev–Trinajstić information content (AvgIpc) is 3.11. The van der Waals surface area contributed by atoms with E-state index in [-0.39, 0.29) is 23.0 Å². The Labute approximate surface area is 149 Å². The van der Waals surface area contributed by atoms with Crippen LogP contribution in [0.15, 0.2) is 36.5 Å². The van der Waals surface area contributed by atoms with Crippen LogP contribution in [0.25, 0.3) is 5.69 Å². The van der Waals surface area contributed by atoms with E-state index in [1.807, 2.05) is 0 Å². The molecule has 1 amide bonds. The van der Waals surface area contributed by atoms with Crippen LogP contribution in [0, 0.1) is 16.0 Å². The number of nitro benzene ring substituents is 1. The maximum atomic E-state index is 12.8. The van der Waals surface area contributed by atoms with E-state index >= 15 is 0 Å². The van der Waals surface area contributed by atoms with Crippen molar-refractivity contribution in [2.24, 2.45) is 5.92 Å². The molecule has 0 saturated carbocycles. The molecule has 0 radical (unpaired) electrons. The van der Waals surface area contributed by atoms with E-state index in [4.69, 9.17) is 0 Å². The number of aromatic nitrogens is 2. The Morgan fingerprint density at radius 2 is 2.04 bits per heavy atom. The molecule has 3 rings (SSSR count). The van der Waals surface area contributed by atoms with E-state index in [9.17, 15) is 24.8 Å². The Bertz CT molecular complexity index is 862. The molecule has 1 fully saturated rings. The van der Waals surface area contributed by atoms with Crippen LogP contribution in [-0.2, 0) is 4.79 Å². The molecule has 2 aromatic rings. The van der Waals surface area contributed by atoms with Gasteiger partial charge in [0.25, 0.3) is 11.6 Å². The molecule has 2 atom stereocenters. The van der Waals surface area contributed by atoms with Crippen LogP contribution in [0.4, 0.5) is 5.69 Å². The summed E-state index contributed by atoms with van der Waals surface area (Å²) < 4.78 is 1.29. The highest BCUT2D eigenvalue weighted by Crippen LogP contribution is 2.26. The summed E-state index contributed by atoms with van der Waals surface area (Å²) in [5.74, 6) is -1.90. The number of hydrogen-bond donors (Lipinski definition) is 1. The van der Waals surface area contributed by atoms with Crippen molar-refractivity contribution in [3.8, 4) is 5.69 Å². The van der Waals surface area contributed by atoms with Crippen LogP contribution in [0.1, 0.15) is 30.3 Å². The number of carbonyl (C=O) groups is 2. The zero-order chi connectivity index (χ0) is 18.8. The van der Waals surface area contributed by atoms with Gasteiger partial charge >= 0.3 is 5.97 Å². The van der Waals surface area contributed by atoms with Crippen LogP contribution in [0.2, 0.25) is 0 Å². The second-order valence-electron chi connectivity index (χ2n) is 6.22. The van der Waals surface area contributed by atoms with Gasteiger partial charge in [0.1, 0.15) is 5.69 Å². The number of carboxylic acid groups (broad SMARTS) is 1. The third kappa shape index (κ3) is 3.15. The lowest BCUT2D eigenvalue weighted by Crippen LogP contribution is -2.49. The first-order valence-corrected chi connectivity index (χ1v) is 8.23. The number of amides is 1. The predicted molar refractivity (Wildman–Crippen MR) is 91.1 cm³/mol.